The van der Waals surface area contributed by atoms with Crippen molar-refractivity contribution in [3.8, 4) is 6.07 Å². The lowest BCUT2D eigenvalue weighted by Gasteiger charge is -2.09. The molecule has 0 aliphatic rings. The van der Waals surface area contributed by atoms with Crippen molar-refractivity contribution in [2.45, 2.75) is 26.8 Å². The first-order chi connectivity index (χ1) is 7.26. The molecule has 0 spiro atoms. The molecule has 80 valence electrons. The first-order valence-electron chi connectivity index (χ1n) is 5.46. The average Bonchev–Trinajstić information content (AvgIpc) is 2.29. The molecule has 0 aliphatic carbocycles. The lowest BCUT2D eigenvalue weighted by molar-refractivity contribution is 0.500. The van der Waals surface area contributed by atoms with Gasteiger partial charge in [-0.25, -0.2) is 0 Å². The Bertz CT molecular complexity index is 321. The highest BCUT2D eigenvalue weighted by Gasteiger charge is 1.98. The second-order valence-electron chi connectivity index (χ2n) is 3.95. The molecule has 1 aromatic carbocycles. The summed E-state index contributed by atoms with van der Waals surface area (Å²) in [4.78, 5) is 0. The summed E-state index contributed by atoms with van der Waals surface area (Å²) in [5.41, 5.74) is 1.96. The molecule has 0 fully saturated rings. The van der Waals surface area contributed by atoms with Crippen LogP contribution in [0, 0.1) is 17.2 Å². The van der Waals surface area contributed by atoms with Gasteiger partial charge in [-0.1, -0.05) is 32.4 Å². The minimum absolute atomic E-state index is 0.723. The molecular formula is C13H18N2. The number of nitrogens with one attached hydrogen (secondary N) is 1. The Morgan fingerprint density at radius 1 is 1.33 bits per heavy atom. The van der Waals surface area contributed by atoms with Crippen LogP contribution in [0.4, 0.5) is 0 Å². The normalized spacial score (nSPS) is 12.1. The van der Waals surface area contributed by atoms with Gasteiger partial charge in [0.25, 0.3) is 0 Å². The second kappa shape index (κ2) is 6.21. The molecule has 0 saturated heterocycles. The topological polar surface area (TPSA) is 35.8 Å². The van der Waals surface area contributed by atoms with Gasteiger partial charge in [-0.05, 0) is 30.2 Å². The van der Waals surface area contributed by atoms with Crippen LogP contribution >= 0.6 is 0 Å². The maximum atomic E-state index is 8.64. The number of hydrogen-bond donors (Lipinski definition) is 1. The molecule has 0 amide bonds. The van der Waals surface area contributed by atoms with E-state index >= 15 is 0 Å². The molecular weight excluding hydrogens is 184 g/mol. The summed E-state index contributed by atoms with van der Waals surface area (Å²) in [6.07, 6.45) is 1.21. The third-order valence-electron chi connectivity index (χ3n) is 2.60. The van der Waals surface area contributed by atoms with E-state index in [0.717, 1.165) is 24.6 Å². The van der Waals surface area contributed by atoms with Crippen molar-refractivity contribution in [3.05, 3.63) is 35.4 Å². The molecule has 1 N–H and O–H groups in total. The molecule has 1 rings (SSSR count). The number of nitriles is 1. The van der Waals surface area contributed by atoms with E-state index in [0.29, 0.717) is 0 Å². The molecule has 2 nitrogen and oxygen atoms in total. The van der Waals surface area contributed by atoms with Gasteiger partial charge in [0, 0.05) is 6.54 Å². The van der Waals surface area contributed by atoms with Crippen LogP contribution in [-0.2, 0) is 6.54 Å². The number of hydrogen-bond acceptors (Lipinski definition) is 2. The molecule has 1 atom stereocenters. The van der Waals surface area contributed by atoms with Crippen LogP contribution in [0.5, 0.6) is 0 Å². The first kappa shape index (κ1) is 11.7. The van der Waals surface area contributed by atoms with Crippen molar-refractivity contribution in [2.24, 2.45) is 5.92 Å². The van der Waals surface area contributed by atoms with Crippen LogP contribution in [0.1, 0.15) is 31.4 Å². The van der Waals surface area contributed by atoms with E-state index in [4.69, 9.17) is 5.26 Å². The van der Waals surface area contributed by atoms with Crippen LogP contribution in [0.25, 0.3) is 0 Å². The lowest BCUT2D eigenvalue weighted by atomic mass is 10.1. The van der Waals surface area contributed by atoms with Gasteiger partial charge in [-0.15, -0.1) is 0 Å². The van der Waals surface area contributed by atoms with Crippen molar-refractivity contribution < 1.29 is 0 Å². The van der Waals surface area contributed by atoms with Gasteiger partial charge in [-0.2, -0.15) is 5.26 Å². The first-order valence-corrected chi connectivity index (χ1v) is 5.46. The number of benzene rings is 1. The third kappa shape index (κ3) is 4.14. The van der Waals surface area contributed by atoms with E-state index in [1.54, 1.807) is 0 Å². The number of rotatable bonds is 5. The van der Waals surface area contributed by atoms with Gasteiger partial charge >= 0.3 is 0 Å². The minimum atomic E-state index is 0.723. The Kier molecular flexibility index (Phi) is 4.86. The van der Waals surface area contributed by atoms with E-state index in [2.05, 4.69) is 25.2 Å². The van der Waals surface area contributed by atoms with Crippen LogP contribution in [0.2, 0.25) is 0 Å². The summed E-state index contributed by atoms with van der Waals surface area (Å²) in [5.74, 6) is 0.725. The second-order valence-corrected chi connectivity index (χ2v) is 3.95. The van der Waals surface area contributed by atoms with Crippen LogP contribution in [-0.4, -0.2) is 6.54 Å². The van der Waals surface area contributed by atoms with Gasteiger partial charge in [0.15, 0.2) is 0 Å². The highest BCUT2D eigenvalue weighted by molar-refractivity contribution is 5.31. The quantitative estimate of drug-likeness (QED) is 0.796. The Balaban J connectivity index is 2.35. The van der Waals surface area contributed by atoms with Crippen molar-refractivity contribution >= 4 is 0 Å². The Morgan fingerprint density at radius 3 is 2.53 bits per heavy atom. The van der Waals surface area contributed by atoms with Gasteiger partial charge < -0.3 is 5.32 Å². The maximum Gasteiger partial charge on any atom is 0.0991 e. The zero-order chi connectivity index (χ0) is 11.1. The predicted molar refractivity (Wildman–Crippen MR) is 62.3 cm³/mol. The standard InChI is InChI=1S/C13H18N2/c1-3-11(2)9-15-10-13-6-4-12(8-14)5-7-13/h4-7,11,15H,3,9-10H2,1-2H3/t11-/m0/s1. The number of nitrogens with zero attached hydrogens (tertiary/aromatic N) is 1. The molecule has 0 saturated carbocycles. The van der Waals surface area contributed by atoms with Gasteiger partial charge in [0.2, 0.25) is 0 Å². The van der Waals surface area contributed by atoms with Crippen LogP contribution in [0.15, 0.2) is 24.3 Å². The molecule has 1 aromatic rings. The summed E-state index contributed by atoms with van der Waals surface area (Å²) in [5, 5.41) is 12.1. The largest absolute Gasteiger partial charge is 0.312 e. The minimum Gasteiger partial charge on any atom is -0.312 e. The fraction of sp³-hybridized carbons (Fsp3) is 0.462. The highest BCUT2D eigenvalue weighted by atomic mass is 14.8. The van der Waals surface area contributed by atoms with Crippen molar-refractivity contribution in [3.63, 3.8) is 0 Å². The fourth-order valence-electron chi connectivity index (χ4n) is 1.30. The monoisotopic (exact) mass is 202 g/mol. The van der Waals surface area contributed by atoms with Crippen molar-refractivity contribution in [1.29, 1.82) is 5.26 Å². The molecule has 2 heteroatoms. The summed E-state index contributed by atoms with van der Waals surface area (Å²) >= 11 is 0. The van der Waals surface area contributed by atoms with E-state index in [1.807, 2.05) is 24.3 Å². The van der Waals surface area contributed by atoms with Gasteiger partial charge in [0.1, 0.15) is 0 Å². The molecule has 0 heterocycles. The molecule has 0 aromatic heterocycles. The fourth-order valence-corrected chi connectivity index (χ4v) is 1.30. The Hall–Kier alpha value is -1.33. The maximum absolute atomic E-state index is 8.64. The average molecular weight is 202 g/mol. The zero-order valence-electron chi connectivity index (χ0n) is 9.46. The molecule has 0 aliphatic heterocycles. The predicted octanol–water partition coefficient (Wildman–Crippen LogP) is 2.69. The highest BCUT2D eigenvalue weighted by Crippen LogP contribution is 2.03. The van der Waals surface area contributed by atoms with E-state index in [9.17, 15) is 0 Å². The SMILES string of the molecule is CC[C@H](C)CNCc1ccc(C#N)cc1. The third-order valence-corrected chi connectivity index (χ3v) is 2.60. The van der Waals surface area contributed by atoms with Gasteiger partial charge in [-0.3, -0.25) is 0 Å². The van der Waals surface area contributed by atoms with Crippen molar-refractivity contribution in [1.82, 2.24) is 5.32 Å². The lowest BCUT2D eigenvalue weighted by Crippen LogP contribution is -2.20. The summed E-state index contributed by atoms with van der Waals surface area (Å²) in [7, 11) is 0. The summed E-state index contributed by atoms with van der Waals surface area (Å²) < 4.78 is 0. The zero-order valence-corrected chi connectivity index (χ0v) is 9.46. The van der Waals surface area contributed by atoms with Gasteiger partial charge in [0.05, 0.1) is 11.6 Å². The van der Waals surface area contributed by atoms with E-state index in [-0.39, 0.29) is 0 Å². The molecule has 15 heavy (non-hydrogen) atoms. The van der Waals surface area contributed by atoms with E-state index < -0.39 is 0 Å². The Morgan fingerprint density at radius 2 is 2.00 bits per heavy atom. The molecule has 0 unspecified atom stereocenters. The summed E-state index contributed by atoms with van der Waals surface area (Å²) in [6, 6.07) is 9.84. The Labute approximate surface area is 91.9 Å². The van der Waals surface area contributed by atoms with Crippen molar-refractivity contribution in [2.75, 3.05) is 6.54 Å². The molecule has 0 bridgehead atoms. The van der Waals surface area contributed by atoms with Crippen LogP contribution in [0.3, 0.4) is 0 Å². The smallest absolute Gasteiger partial charge is 0.0991 e. The van der Waals surface area contributed by atoms with Crippen LogP contribution < -0.4 is 5.32 Å². The summed E-state index contributed by atoms with van der Waals surface area (Å²) in [6.45, 7) is 6.38. The van der Waals surface area contributed by atoms with E-state index in [1.165, 1.54) is 12.0 Å². The molecule has 0 radical (unpaired) electrons.